The number of aromatic nitrogens is 2. The molecule has 1 aliphatic heterocycles. The molecule has 1 amide bonds. The number of thiophene rings is 1. The Labute approximate surface area is 205 Å². The van der Waals surface area contributed by atoms with Gasteiger partial charge in [0.2, 0.25) is 5.91 Å². The van der Waals surface area contributed by atoms with Crippen LogP contribution in [0.2, 0.25) is 5.02 Å². The van der Waals surface area contributed by atoms with E-state index in [1.807, 2.05) is 0 Å². The summed E-state index contributed by atoms with van der Waals surface area (Å²) in [6.45, 7) is 1.67. The number of carbonyl (C=O) groups is 2. The van der Waals surface area contributed by atoms with Crippen molar-refractivity contribution in [1.29, 1.82) is 0 Å². The molecule has 0 fully saturated rings. The fraction of sp³-hybridized carbons (Fsp3) is 0.304. The highest BCUT2D eigenvalue weighted by atomic mass is 35.5. The van der Waals surface area contributed by atoms with Crippen molar-refractivity contribution in [2.75, 3.05) is 39.1 Å². The fourth-order valence-electron chi connectivity index (χ4n) is 3.71. The Hall–Kier alpha value is -3.08. The number of carbonyl (C=O) groups excluding carboxylic acids is 2. The minimum atomic E-state index is -0.484. The van der Waals surface area contributed by atoms with Crippen molar-refractivity contribution < 1.29 is 18.7 Å². The van der Waals surface area contributed by atoms with Gasteiger partial charge < -0.3 is 15.0 Å². The first-order valence-electron chi connectivity index (χ1n) is 10.5. The molecule has 34 heavy (non-hydrogen) atoms. The number of fused-ring (bicyclic) bond motifs is 3. The molecule has 0 saturated carbocycles. The quantitative estimate of drug-likeness (QED) is 0.388. The monoisotopic (exact) mass is 503 g/mol. The van der Waals surface area contributed by atoms with Crippen LogP contribution in [0.1, 0.15) is 10.4 Å². The van der Waals surface area contributed by atoms with Crippen LogP contribution in [0.4, 0.5) is 15.9 Å². The van der Waals surface area contributed by atoms with Crippen LogP contribution in [0.3, 0.4) is 0 Å². The highest BCUT2D eigenvalue weighted by Crippen LogP contribution is 2.38. The molecule has 3 heterocycles. The zero-order chi connectivity index (χ0) is 24.2. The second-order valence-corrected chi connectivity index (χ2v) is 9.34. The summed E-state index contributed by atoms with van der Waals surface area (Å²) < 4.78 is 18.1. The van der Waals surface area contributed by atoms with E-state index in [0.29, 0.717) is 37.6 Å². The molecule has 8 nitrogen and oxygen atoms in total. The van der Waals surface area contributed by atoms with Gasteiger partial charge in [0.05, 0.1) is 30.6 Å². The SMILES string of the molecule is COC(=O)CN(C)CC=CC(=O)N1CCc2c(sc3ncnc(Nc4ccc(F)c(Cl)c4)c23)C1. The molecule has 1 N–H and O–H groups in total. The Balaban J connectivity index is 1.47. The third-order valence-corrected chi connectivity index (χ3v) is 6.85. The zero-order valence-electron chi connectivity index (χ0n) is 18.7. The standard InChI is InChI=1S/C23H23ClFN5O3S/c1-29(12-20(32)33-2)8-3-4-19(31)30-9-7-15-18(11-30)34-23-21(15)22(26-13-27-23)28-14-5-6-17(25)16(24)10-14/h3-6,10,13H,7-9,11-12H2,1-2H3,(H,26,27,28). The number of anilines is 2. The molecule has 0 spiro atoms. The van der Waals surface area contributed by atoms with Gasteiger partial charge in [0.25, 0.3) is 0 Å². The van der Waals surface area contributed by atoms with E-state index in [-0.39, 0.29) is 23.4 Å². The molecule has 0 bridgehead atoms. The Kier molecular flexibility index (Phi) is 7.40. The number of esters is 1. The van der Waals surface area contributed by atoms with Crippen molar-refractivity contribution in [3.8, 4) is 0 Å². The molecule has 0 saturated heterocycles. The van der Waals surface area contributed by atoms with E-state index in [1.165, 1.54) is 43.0 Å². The largest absolute Gasteiger partial charge is 0.468 e. The van der Waals surface area contributed by atoms with E-state index in [0.717, 1.165) is 20.7 Å². The van der Waals surface area contributed by atoms with Crippen LogP contribution in [-0.2, 0) is 27.3 Å². The number of methoxy groups -OCH3 is 1. The van der Waals surface area contributed by atoms with Crippen LogP contribution in [0.25, 0.3) is 10.2 Å². The highest BCUT2D eigenvalue weighted by Gasteiger charge is 2.25. The van der Waals surface area contributed by atoms with Crippen molar-refractivity contribution in [3.63, 3.8) is 0 Å². The van der Waals surface area contributed by atoms with Gasteiger partial charge in [-0.25, -0.2) is 14.4 Å². The van der Waals surface area contributed by atoms with Crippen molar-refractivity contribution >= 4 is 56.5 Å². The molecule has 3 aromatic rings. The maximum atomic E-state index is 13.5. The first-order valence-corrected chi connectivity index (χ1v) is 11.7. The molecule has 0 unspecified atom stereocenters. The molecule has 0 aliphatic carbocycles. The van der Waals surface area contributed by atoms with Crippen molar-refractivity contribution in [2.45, 2.75) is 13.0 Å². The number of halogens is 2. The summed E-state index contributed by atoms with van der Waals surface area (Å²) in [5, 5.41) is 4.16. The summed E-state index contributed by atoms with van der Waals surface area (Å²) in [4.78, 5) is 38.3. The number of ether oxygens (including phenoxy) is 1. The molecule has 11 heteroatoms. The van der Waals surface area contributed by atoms with Crippen LogP contribution in [0.15, 0.2) is 36.7 Å². The Morgan fingerprint density at radius 2 is 2.21 bits per heavy atom. The van der Waals surface area contributed by atoms with Crippen LogP contribution >= 0.6 is 22.9 Å². The Bertz CT molecular complexity index is 1260. The maximum Gasteiger partial charge on any atom is 0.319 e. The number of hydrogen-bond donors (Lipinski definition) is 1. The van der Waals surface area contributed by atoms with Crippen molar-refractivity contribution in [1.82, 2.24) is 19.8 Å². The third kappa shape index (κ3) is 5.35. The number of rotatable bonds is 7. The minimum absolute atomic E-state index is 0.0290. The van der Waals surface area contributed by atoms with E-state index in [9.17, 15) is 14.0 Å². The lowest BCUT2D eigenvalue weighted by Crippen LogP contribution is -2.34. The molecule has 1 aliphatic rings. The van der Waals surface area contributed by atoms with Gasteiger partial charge in [0.15, 0.2) is 0 Å². The van der Waals surface area contributed by atoms with E-state index in [2.05, 4.69) is 20.0 Å². The van der Waals surface area contributed by atoms with Crippen LogP contribution in [0.5, 0.6) is 0 Å². The maximum absolute atomic E-state index is 13.5. The highest BCUT2D eigenvalue weighted by molar-refractivity contribution is 7.19. The summed E-state index contributed by atoms with van der Waals surface area (Å²) in [7, 11) is 3.12. The van der Waals surface area contributed by atoms with Crippen LogP contribution in [0, 0.1) is 5.82 Å². The summed E-state index contributed by atoms with van der Waals surface area (Å²) in [6.07, 6.45) is 5.43. The molecule has 178 valence electrons. The lowest BCUT2D eigenvalue weighted by Gasteiger charge is -2.26. The van der Waals surface area contributed by atoms with Crippen LogP contribution in [-0.4, -0.2) is 65.4 Å². The number of nitrogens with one attached hydrogen (secondary N) is 1. The first-order chi connectivity index (χ1) is 16.4. The van der Waals surface area contributed by atoms with Crippen LogP contribution < -0.4 is 5.32 Å². The summed E-state index contributed by atoms with van der Waals surface area (Å²) in [5.74, 6) is -0.268. The second-order valence-electron chi connectivity index (χ2n) is 7.85. The summed E-state index contributed by atoms with van der Waals surface area (Å²) in [5.41, 5.74) is 1.74. The number of amides is 1. The Morgan fingerprint density at radius 3 is 2.97 bits per heavy atom. The van der Waals surface area contributed by atoms with Crippen molar-refractivity contribution in [3.05, 3.63) is 58.0 Å². The average molecular weight is 504 g/mol. The van der Waals surface area contributed by atoms with Gasteiger partial charge in [-0.1, -0.05) is 17.7 Å². The van der Waals surface area contributed by atoms with Gasteiger partial charge in [0.1, 0.15) is 22.8 Å². The predicted octanol–water partition coefficient (Wildman–Crippen LogP) is 3.77. The number of benzene rings is 1. The van der Waals surface area contributed by atoms with Gasteiger partial charge in [0, 0.05) is 29.7 Å². The molecule has 0 radical (unpaired) electrons. The van der Waals surface area contributed by atoms with Gasteiger partial charge in [-0.15, -0.1) is 11.3 Å². The smallest absolute Gasteiger partial charge is 0.319 e. The van der Waals surface area contributed by atoms with E-state index < -0.39 is 5.82 Å². The van der Waals surface area contributed by atoms with Gasteiger partial charge >= 0.3 is 5.97 Å². The normalized spacial score (nSPS) is 13.5. The van der Waals surface area contributed by atoms with Gasteiger partial charge in [-0.3, -0.25) is 14.5 Å². The van der Waals surface area contributed by atoms with E-state index in [4.69, 9.17) is 11.6 Å². The zero-order valence-corrected chi connectivity index (χ0v) is 20.2. The average Bonchev–Trinajstić information content (AvgIpc) is 3.20. The third-order valence-electron chi connectivity index (χ3n) is 5.44. The first kappa shape index (κ1) is 24.1. The molecular weight excluding hydrogens is 481 g/mol. The molecule has 1 aromatic carbocycles. The molecule has 2 aromatic heterocycles. The molecule has 4 rings (SSSR count). The predicted molar refractivity (Wildman–Crippen MR) is 130 cm³/mol. The van der Waals surface area contributed by atoms with Gasteiger partial charge in [-0.2, -0.15) is 0 Å². The number of hydrogen-bond acceptors (Lipinski definition) is 8. The lowest BCUT2D eigenvalue weighted by atomic mass is 10.0. The number of nitrogens with zero attached hydrogens (tertiary/aromatic N) is 4. The lowest BCUT2D eigenvalue weighted by molar-refractivity contribution is -0.141. The van der Waals surface area contributed by atoms with E-state index >= 15 is 0 Å². The summed E-state index contributed by atoms with van der Waals surface area (Å²) >= 11 is 7.44. The summed E-state index contributed by atoms with van der Waals surface area (Å²) in [6, 6.07) is 4.42. The molecule has 0 atom stereocenters. The Morgan fingerprint density at radius 1 is 1.38 bits per heavy atom. The number of likely N-dealkylation sites (N-methyl/N-ethyl adjacent to an activating group) is 1. The van der Waals surface area contributed by atoms with Gasteiger partial charge in [-0.05, 0) is 37.2 Å². The minimum Gasteiger partial charge on any atom is -0.468 e. The van der Waals surface area contributed by atoms with E-state index in [1.54, 1.807) is 29.0 Å². The second kappa shape index (κ2) is 10.5. The molecular formula is C23H23ClFN5O3S. The topological polar surface area (TPSA) is 87.7 Å². The van der Waals surface area contributed by atoms with Crippen molar-refractivity contribution in [2.24, 2.45) is 0 Å². The fourth-order valence-corrected chi connectivity index (χ4v) is 5.09.